The Labute approximate surface area is 129 Å². The SMILES string of the molecule is CCCCNC(=O)C(C)Oc1ccc(Br)cc1[C@H](C)N. The van der Waals surface area contributed by atoms with Gasteiger partial charge in [0, 0.05) is 22.6 Å². The molecule has 1 amide bonds. The molecule has 5 heteroatoms. The Morgan fingerprint density at radius 3 is 2.75 bits per heavy atom. The first-order chi connectivity index (χ1) is 9.45. The van der Waals surface area contributed by atoms with Gasteiger partial charge in [-0.1, -0.05) is 29.3 Å². The second-order valence-electron chi connectivity index (χ2n) is 4.88. The minimum absolute atomic E-state index is 0.100. The first-order valence-corrected chi connectivity index (χ1v) is 7.74. The highest BCUT2D eigenvalue weighted by Crippen LogP contribution is 2.28. The van der Waals surface area contributed by atoms with E-state index in [0.29, 0.717) is 12.3 Å². The Morgan fingerprint density at radius 1 is 1.45 bits per heavy atom. The Morgan fingerprint density at radius 2 is 2.15 bits per heavy atom. The summed E-state index contributed by atoms with van der Waals surface area (Å²) in [6.07, 6.45) is 1.49. The largest absolute Gasteiger partial charge is 0.481 e. The second kappa shape index (κ2) is 8.27. The van der Waals surface area contributed by atoms with Crippen molar-refractivity contribution in [3.8, 4) is 5.75 Å². The summed E-state index contributed by atoms with van der Waals surface area (Å²) < 4.78 is 6.68. The molecule has 0 aliphatic carbocycles. The Hall–Kier alpha value is -1.07. The molecule has 2 atom stereocenters. The number of carbonyl (C=O) groups excluding carboxylic acids is 1. The number of amides is 1. The summed E-state index contributed by atoms with van der Waals surface area (Å²) >= 11 is 3.41. The number of benzene rings is 1. The Kier molecular flexibility index (Phi) is 7.02. The normalized spacial score (nSPS) is 13.7. The fraction of sp³-hybridized carbons (Fsp3) is 0.533. The molecule has 3 N–H and O–H groups in total. The molecule has 0 saturated carbocycles. The van der Waals surface area contributed by atoms with Crippen LogP contribution in [0.2, 0.25) is 0 Å². The van der Waals surface area contributed by atoms with Gasteiger partial charge in [-0.3, -0.25) is 4.79 Å². The number of nitrogens with one attached hydrogen (secondary N) is 1. The number of unbranched alkanes of at least 4 members (excludes halogenated alkanes) is 1. The van der Waals surface area contributed by atoms with E-state index >= 15 is 0 Å². The Balaban J connectivity index is 2.70. The third-order valence-electron chi connectivity index (χ3n) is 2.96. The summed E-state index contributed by atoms with van der Waals surface area (Å²) in [7, 11) is 0. The average molecular weight is 343 g/mol. The molecule has 0 aliphatic heterocycles. The minimum Gasteiger partial charge on any atom is -0.481 e. The zero-order valence-electron chi connectivity index (χ0n) is 12.3. The molecule has 20 heavy (non-hydrogen) atoms. The predicted molar refractivity (Wildman–Crippen MR) is 84.8 cm³/mol. The highest BCUT2D eigenvalue weighted by Gasteiger charge is 2.17. The summed E-state index contributed by atoms with van der Waals surface area (Å²) in [5.41, 5.74) is 6.81. The number of hydrogen-bond acceptors (Lipinski definition) is 3. The number of carbonyl (C=O) groups is 1. The van der Waals surface area contributed by atoms with Crippen molar-refractivity contribution in [1.82, 2.24) is 5.32 Å². The smallest absolute Gasteiger partial charge is 0.260 e. The minimum atomic E-state index is -0.537. The van der Waals surface area contributed by atoms with Crippen molar-refractivity contribution in [3.63, 3.8) is 0 Å². The van der Waals surface area contributed by atoms with Crippen LogP contribution in [0, 0.1) is 0 Å². The molecular formula is C15H23BrN2O2. The van der Waals surface area contributed by atoms with Gasteiger partial charge in [0.25, 0.3) is 5.91 Å². The van der Waals surface area contributed by atoms with Crippen molar-refractivity contribution < 1.29 is 9.53 Å². The van der Waals surface area contributed by atoms with Gasteiger partial charge in [-0.2, -0.15) is 0 Å². The quantitative estimate of drug-likeness (QED) is 0.748. The lowest BCUT2D eigenvalue weighted by Crippen LogP contribution is -2.37. The van der Waals surface area contributed by atoms with Crippen molar-refractivity contribution in [1.29, 1.82) is 0 Å². The topological polar surface area (TPSA) is 64.3 Å². The molecule has 1 unspecified atom stereocenters. The van der Waals surface area contributed by atoms with Crippen LogP contribution in [0.4, 0.5) is 0 Å². The average Bonchev–Trinajstić information content (AvgIpc) is 2.40. The summed E-state index contributed by atoms with van der Waals surface area (Å²) in [6, 6.07) is 5.47. The van der Waals surface area contributed by atoms with Gasteiger partial charge >= 0.3 is 0 Å². The first-order valence-electron chi connectivity index (χ1n) is 6.95. The van der Waals surface area contributed by atoms with Crippen LogP contribution in [0.25, 0.3) is 0 Å². The zero-order valence-corrected chi connectivity index (χ0v) is 13.9. The molecule has 0 spiro atoms. The number of hydrogen-bond donors (Lipinski definition) is 2. The monoisotopic (exact) mass is 342 g/mol. The van der Waals surface area contributed by atoms with Gasteiger partial charge in [0.1, 0.15) is 5.75 Å². The maximum atomic E-state index is 11.9. The molecule has 1 aromatic carbocycles. The van der Waals surface area contributed by atoms with Gasteiger partial charge in [-0.05, 0) is 38.5 Å². The molecular weight excluding hydrogens is 320 g/mol. The molecule has 0 aromatic heterocycles. The lowest BCUT2D eigenvalue weighted by atomic mass is 10.1. The van der Waals surface area contributed by atoms with Crippen LogP contribution >= 0.6 is 15.9 Å². The van der Waals surface area contributed by atoms with Crippen molar-refractivity contribution in [2.24, 2.45) is 5.73 Å². The highest BCUT2D eigenvalue weighted by molar-refractivity contribution is 9.10. The van der Waals surface area contributed by atoms with Crippen LogP contribution in [0.3, 0.4) is 0 Å². The first kappa shape index (κ1) is 17.0. The summed E-state index contributed by atoms with van der Waals surface area (Å²) in [4.78, 5) is 11.9. The van der Waals surface area contributed by atoms with Gasteiger partial charge in [-0.15, -0.1) is 0 Å². The molecule has 0 heterocycles. The molecule has 0 radical (unpaired) electrons. The molecule has 4 nitrogen and oxygen atoms in total. The predicted octanol–water partition coefficient (Wildman–Crippen LogP) is 3.15. The molecule has 0 aliphatic rings. The van der Waals surface area contributed by atoms with E-state index in [4.69, 9.17) is 10.5 Å². The lowest BCUT2D eigenvalue weighted by molar-refractivity contribution is -0.127. The molecule has 0 saturated heterocycles. The van der Waals surface area contributed by atoms with Crippen LogP contribution in [-0.4, -0.2) is 18.6 Å². The summed E-state index contributed by atoms with van der Waals surface area (Å²) in [5, 5.41) is 2.86. The number of nitrogens with two attached hydrogens (primary N) is 1. The lowest BCUT2D eigenvalue weighted by Gasteiger charge is -2.19. The molecule has 0 fully saturated rings. The van der Waals surface area contributed by atoms with Crippen LogP contribution in [0.5, 0.6) is 5.75 Å². The number of rotatable bonds is 7. The van der Waals surface area contributed by atoms with Gasteiger partial charge in [-0.25, -0.2) is 0 Å². The van der Waals surface area contributed by atoms with Crippen LogP contribution in [-0.2, 0) is 4.79 Å². The van der Waals surface area contributed by atoms with E-state index in [1.54, 1.807) is 6.92 Å². The molecule has 1 aromatic rings. The van der Waals surface area contributed by atoms with Gasteiger partial charge in [0.05, 0.1) is 0 Å². The van der Waals surface area contributed by atoms with E-state index in [0.717, 1.165) is 22.9 Å². The van der Waals surface area contributed by atoms with Gasteiger partial charge in [0.2, 0.25) is 0 Å². The van der Waals surface area contributed by atoms with Crippen molar-refractivity contribution in [3.05, 3.63) is 28.2 Å². The number of ether oxygens (including phenoxy) is 1. The van der Waals surface area contributed by atoms with Gasteiger partial charge < -0.3 is 15.8 Å². The maximum absolute atomic E-state index is 11.9. The summed E-state index contributed by atoms with van der Waals surface area (Å²) in [6.45, 7) is 6.40. The highest BCUT2D eigenvalue weighted by atomic mass is 79.9. The standard InChI is InChI=1S/C15H23BrN2O2/c1-4-5-8-18-15(19)11(3)20-14-7-6-12(16)9-13(14)10(2)17/h6-7,9-11H,4-5,8,17H2,1-3H3,(H,18,19)/t10-,11?/m0/s1. The van der Waals surface area contributed by atoms with Crippen molar-refractivity contribution >= 4 is 21.8 Å². The van der Waals surface area contributed by atoms with Crippen molar-refractivity contribution in [2.45, 2.75) is 45.8 Å². The van der Waals surface area contributed by atoms with E-state index in [1.165, 1.54) is 0 Å². The third kappa shape index (κ3) is 5.13. The molecule has 1 rings (SSSR count). The summed E-state index contributed by atoms with van der Waals surface area (Å²) in [5.74, 6) is 0.554. The fourth-order valence-electron chi connectivity index (χ4n) is 1.76. The fourth-order valence-corrected chi connectivity index (χ4v) is 2.14. The Bertz CT molecular complexity index is 449. The molecule has 112 valence electrons. The second-order valence-corrected chi connectivity index (χ2v) is 5.79. The van der Waals surface area contributed by atoms with Gasteiger partial charge in [0.15, 0.2) is 6.10 Å². The van der Waals surface area contributed by atoms with Crippen LogP contribution < -0.4 is 15.8 Å². The van der Waals surface area contributed by atoms with Crippen LogP contribution in [0.15, 0.2) is 22.7 Å². The zero-order chi connectivity index (χ0) is 15.1. The van der Waals surface area contributed by atoms with E-state index in [-0.39, 0.29) is 11.9 Å². The van der Waals surface area contributed by atoms with E-state index in [1.807, 2.05) is 25.1 Å². The third-order valence-corrected chi connectivity index (χ3v) is 3.46. The van der Waals surface area contributed by atoms with Crippen LogP contribution in [0.1, 0.15) is 45.2 Å². The van der Waals surface area contributed by atoms with E-state index < -0.39 is 6.10 Å². The van der Waals surface area contributed by atoms with E-state index in [2.05, 4.69) is 28.2 Å². The maximum Gasteiger partial charge on any atom is 0.260 e. The van der Waals surface area contributed by atoms with Crippen molar-refractivity contribution in [2.75, 3.05) is 6.54 Å². The van der Waals surface area contributed by atoms with E-state index in [9.17, 15) is 4.79 Å². The number of halogens is 1. The molecule has 0 bridgehead atoms.